The van der Waals surface area contributed by atoms with Crippen molar-refractivity contribution in [1.29, 1.82) is 0 Å². The van der Waals surface area contributed by atoms with Gasteiger partial charge in [-0.3, -0.25) is 19.0 Å². The summed E-state index contributed by atoms with van der Waals surface area (Å²) in [6.45, 7) is 8.83. The second kappa shape index (κ2) is 11.2. The maximum absolute atomic E-state index is 14.1. The molecule has 5 aromatic rings. The molecule has 1 aromatic heterocycles. The lowest BCUT2D eigenvalue weighted by Crippen LogP contribution is -2.52. The lowest BCUT2D eigenvalue weighted by atomic mass is 9.96. The quantitative estimate of drug-likeness (QED) is 0.183. The van der Waals surface area contributed by atoms with Crippen LogP contribution in [0.1, 0.15) is 25.0 Å². The third-order valence-electron chi connectivity index (χ3n) is 8.44. The summed E-state index contributed by atoms with van der Waals surface area (Å²) in [5.74, 6) is -0.0544. The normalized spacial score (nSPS) is 13.4. The smallest absolute Gasteiger partial charge is 0.321 e. The van der Waals surface area contributed by atoms with Crippen molar-refractivity contribution in [2.75, 3.05) is 13.1 Å². The van der Waals surface area contributed by atoms with E-state index in [9.17, 15) is 19.5 Å². The molecular weight excluding hydrogens is 562 g/mol. The fraction of sp³-hybridized carbons (Fsp3) is 0.229. The van der Waals surface area contributed by atoms with Crippen molar-refractivity contribution in [2.24, 2.45) is 5.92 Å². The molecular formula is C35H32ClN3O4. The molecule has 0 aliphatic carbocycles. The molecule has 4 aromatic carbocycles. The van der Waals surface area contributed by atoms with Gasteiger partial charge in [-0.1, -0.05) is 74.5 Å². The number of amides is 1. The fourth-order valence-electron chi connectivity index (χ4n) is 6.26. The van der Waals surface area contributed by atoms with Crippen LogP contribution in [0.2, 0.25) is 5.02 Å². The lowest BCUT2D eigenvalue weighted by molar-refractivity contribution is -0.132. The first-order valence-electron chi connectivity index (χ1n) is 14.5. The number of rotatable bonds is 7. The molecule has 43 heavy (non-hydrogen) atoms. The first-order chi connectivity index (χ1) is 20.7. The number of carbonyl (C=O) groups is 1. The van der Waals surface area contributed by atoms with E-state index < -0.39 is 11.1 Å². The summed E-state index contributed by atoms with van der Waals surface area (Å²) in [4.78, 5) is 41.7. The van der Waals surface area contributed by atoms with E-state index in [1.54, 1.807) is 27.7 Å². The highest BCUT2D eigenvalue weighted by Gasteiger charge is 2.31. The van der Waals surface area contributed by atoms with Crippen LogP contribution in [0.25, 0.3) is 38.6 Å². The minimum atomic E-state index is -0.643. The molecule has 0 unspecified atom stereocenters. The Hall–Kier alpha value is -4.62. The molecule has 1 aliphatic rings. The predicted octanol–water partition coefficient (Wildman–Crippen LogP) is 6.10. The van der Waals surface area contributed by atoms with Crippen molar-refractivity contribution in [3.63, 3.8) is 0 Å². The Bertz CT molecular complexity index is 2030. The number of phenolic OH excluding ortho intramolecular Hbond substituents is 1. The number of halogens is 1. The van der Waals surface area contributed by atoms with Crippen LogP contribution in [0.5, 0.6) is 5.75 Å². The van der Waals surface area contributed by atoms with E-state index in [-0.39, 0.29) is 24.1 Å². The third kappa shape index (κ3) is 4.83. The first-order valence-corrected chi connectivity index (χ1v) is 14.9. The highest BCUT2D eigenvalue weighted by Crippen LogP contribution is 2.39. The number of fused-ring (bicyclic) bond motifs is 2. The standard InChI is InChI=1S/C35H32ClN3O4/c1-4-22-11-9-12-23(5-2)33(22)39-31-16-28(27-15-25(40)14-24-10-7-8-13-26(24)27)29(36)17-30(31)38(34(42)35(39)43)20-21-18-37(19-21)32(41)6-3/h6-17,21,40H,3-5,18-20H2,1-2H3. The number of aryl methyl sites for hydroxylation is 2. The number of hydrogen-bond donors (Lipinski definition) is 1. The second-order valence-corrected chi connectivity index (χ2v) is 11.4. The van der Waals surface area contributed by atoms with Crippen LogP contribution in [-0.4, -0.2) is 38.1 Å². The summed E-state index contributed by atoms with van der Waals surface area (Å²) in [6.07, 6.45) is 2.63. The van der Waals surface area contributed by atoms with Gasteiger partial charge in [0.25, 0.3) is 0 Å². The van der Waals surface area contributed by atoms with Gasteiger partial charge in [-0.05, 0) is 70.6 Å². The zero-order chi connectivity index (χ0) is 30.4. The minimum absolute atomic E-state index is 0.00245. The lowest BCUT2D eigenvalue weighted by Gasteiger charge is -2.39. The number of aromatic hydroxyl groups is 1. The molecule has 2 heterocycles. The van der Waals surface area contributed by atoms with Crippen LogP contribution in [0.3, 0.4) is 0 Å². The van der Waals surface area contributed by atoms with E-state index >= 15 is 0 Å². The topological polar surface area (TPSA) is 84.5 Å². The molecule has 0 bridgehead atoms. The van der Waals surface area contributed by atoms with Gasteiger partial charge in [0.15, 0.2) is 0 Å². The summed E-state index contributed by atoms with van der Waals surface area (Å²) in [5, 5.41) is 12.7. The summed E-state index contributed by atoms with van der Waals surface area (Å²) < 4.78 is 3.05. The highest BCUT2D eigenvalue weighted by molar-refractivity contribution is 6.34. The van der Waals surface area contributed by atoms with Crippen LogP contribution >= 0.6 is 11.6 Å². The summed E-state index contributed by atoms with van der Waals surface area (Å²) in [5.41, 5.74) is 3.78. The zero-order valence-corrected chi connectivity index (χ0v) is 24.9. The van der Waals surface area contributed by atoms with Crippen molar-refractivity contribution in [2.45, 2.75) is 33.2 Å². The number of phenols is 1. The van der Waals surface area contributed by atoms with E-state index in [4.69, 9.17) is 11.6 Å². The number of hydrogen-bond acceptors (Lipinski definition) is 4. The maximum atomic E-state index is 14.1. The number of likely N-dealkylation sites (tertiary alicyclic amines) is 1. The van der Waals surface area contributed by atoms with Gasteiger partial charge in [0.05, 0.1) is 21.7 Å². The first kappa shape index (κ1) is 28.5. The van der Waals surface area contributed by atoms with E-state index in [0.29, 0.717) is 53.2 Å². The summed E-state index contributed by atoms with van der Waals surface area (Å²) in [7, 11) is 0. The van der Waals surface area contributed by atoms with Crippen molar-refractivity contribution < 1.29 is 9.90 Å². The predicted molar refractivity (Wildman–Crippen MR) is 172 cm³/mol. The average Bonchev–Trinajstić information content (AvgIpc) is 2.99. The molecule has 6 rings (SSSR count). The van der Waals surface area contributed by atoms with Crippen LogP contribution in [0.15, 0.2) is 89.0 Å². The number of para-hydroxylation sites is 1. The van der Waals surface area contributed by atoms with Gasteiger partial charge in [0.2, 0.25) is 5.91 Å². The number of carbonyl (C=O) groups excluding carboxylic acids is 1. The average molecular weight is 594 g/mol. The van der Waals surface area contributed by atoms with E-state index in [1.807, 2.05) is 62.4 Å². The molecule has 0 atom stereocenters. The number of aromatic nitrogens is 2. The Labute approximate surface area is 253 Å². The molecule has 1 fully saturated rings. The highest BCUT2D eigenvalue weighted by atomic mass is 35.5. The van der Waals surface area contributed by atoms with Gasteiger partial charge in [-0.25, -0.2) is 0 Å². The van der Waals surface area contributed by atoms with Crippen LogP contribution in [0, 0.1) is 5.92 Å². The van der Waals surface area contributed by atoms with E-state index in [2.05, 4.69) is 6.58 Å². The maximum Gasteiger partial charge on any atom is 0.321 e. The van der Waals surface area contributed by atoms with E-state index in [0.717, 1.165) is 27.5 Å². The Morgan fingerprint density at radius 3 is 2.30 bits per heavy atom. The largest absolute Gasteiger partial charge is 0.508 e. The van der Waals surface area contributed by atoms with Crippen LogP contribution in [0.4, 0.5) is 0 Å². The SMILES string of the molecule is C=CC(=O)N1CC(Cn2c(=O)c(=O)n(-c3c(CC)cccc3CC)c3cc(-c4cc(O)cc5ccccc45)c(Cl)cc32)C1. The Balaban J connectivity index is 1.66. The molecule has 1 aliphatic heterocycles. The second-order valence-electron chi connectivity index (χ2n) is 11.0. The van der Waals surface area contributed by atoms with E-state index in [1.165, 1.54) is 10.6 Å². The van der Waals surface area contributed by atoms with Crippen molar-refractivity contribution in [3.8, 4) is 22.6 Å². The number of benzene rings is 4. The molecule has 0 saturated carbocycles. The fourth-order valence-corrected chi connectivity index (χ4v) is 6.52. The Morgan fingerprint density at radius 1 is 0.930 bits per heavy atom. The molecule has 0 radical (unpaired) electrons. The van der Waals surface area contributed by atoms with Gasteiger partial charge in [0.1, 0.15) is 5.75 Å². The van der Waals surface area contributed by atoms with Crippen LogP contribution in [-0.2, 0) is 24.2 Å². The van der Waals surface area contributed by atoms with Crippen LogP contribution < -0.4 is 11.1 Å². The molecule has 8 heteroatoms. The van der Waals surface area contributed by atoms with Gasteiger partial charge in [-0.2, -0.15) is 0 Å². The Morgan fingerprint density at radius 2 is 1.63 bits per heavy atom. The number of nitrogens with zero attached hydrogens (tertiary/aromatic N) is 3. The minimum Gasteiger partial charge on any atom is -0.508 e. The van der Waals surface area contributed by atoms with Crippen molar-refractivity contribution in [1.82, 2.24) is 14.0 Å². The van der Waals surface area contributed by atoms with Crippen molar-refractivity contribution in [3.05, 3.63) is 116 Å². The Kier molecular flexibility index (Phi) is 7.44. The van der Waals surface area contributed by atoms with Crippen molar-refractivity contribution >= 4 is 39.3 Å². The molecule has 1 N–H and O–H groups in total. The summed E-state index contributed by atoms with van der Waals surface area (Å²) in [6, 6.07) is 20.6. The molecule has 7 nitrogen and oxygen atoms in total. The zero-order valence-electron chi connectivity index (χ0n) is 24.1. The summed E-state index contributed by atoms with van der Waals surface area (Å²) >= 11 is 6.99. The van der Waals surface area contributed by atoms with Gasteiger partial charge in [-0.15, -0.1) is 0 Å². The molecule has 1 amide bonds. The van der Waals surface area contributed by atoms with Gasteiger partial charge >= 0.3 is 11.1 Å². The monoisotopic (exact) mass is 593 g/mol. The molecule has 218 valence electrons. The third-order valence-corrected chi connectivity index (χ3v) is 8.75. The van der Waals surface area contributed by atoms with Gasteiger partial charge in [0, 0.05) is 31.1 Å². The molecule has 0 spiro atoms. The molecule has 1 saturated heterocycles. The van der Waals surface area contributed by atoms with Gasteiger partial charge < -0.3 is 14.6 Å².